The number of nitrogens with zero attached hydrogens (tertiary/aromatic N) is 2. The lowest BCUT2D eigenvalue weighted by Crippen LogP contribution is -2.31. The molecular weight excluding hydrogens is 481 g/mol. The van der Waals surface area contributed by atoms with Crippen LogP contribution in [0.1, 0.15) is 17.7 Å². The second-order valence-electron chi connectivity index (χ2n) is 7.08. The Morgan fingerprint density at radius 2 is 2.03 bits per heavy atom. The number of benzene rings is 2. The van der Waals surface area contributed by atoms with Crippen molar-refractivity contribution in [3.05, 3.63) is 63.9 Å². The maximum atomic E-state index is 12.7. The van der Waals surface area contributed by atoms with Crippen molar-refractivity contribution in [2.75, 3.05) is 11.9 Å². The number of hydrogen-bond acceptors (Lipinski definition) is 7. The van der Waals surface area contributed by atoms with Crippen LogP contribution in [0.2, 0.25) is 10.0 Å². The number of amides is 1. The summed E-state index contributed by atoms with van der Waals surface area (Å²) in [5.41, 5.74) is 1.80. The number of hydrogen-bond donors (Lipinski definition) is 1. The van der Waals surface area contributed by atoms with E-state index in [0.717, 1.165) is 17.3 Å². The molecule has 1 amide bonds. The quantitative estimate of drug-likeness (QED) is 0.519. The number of ether oxygens (including phenoxy) is 1. The van der Waals surface area contributed by atoms with E-state index < -0.39 is 9.84 Å². The van der Waals surface area contributed by atoms with E-state index in [1.165, 1.54) is 12.3 Å². The van der Waals surface area contributed by atoms with Gasteiger partial charge in [-0.25, -0.2) is 8.42 Å². The van der Waals surface area contributed by atoms with E-state index in [1.807, 2.05) is 0 Å². The van der Waals surface area contributed by atoms with Crippen molar-refractivity contribution < 1.29 is 17.9 Å². The lowest BCUT2D eigenvalue weighted by atomic mass is 9.91. The summed E-state index contributed by atoms with van der Waals surface area (Å²) in [5.74, 6) is -0.192. The van der Waals surface area contributed by atoms with E-state index in [4.69, 9.17) is 27.9 Å². The van der Waals surface area contributed by atoms with E-state index in [9.17, 15) is 13.2 Å². The average Bonchev–Trinajstić information content (AvgIpc) is 3.22. The second-order valence-corrected chi connectivity index (χ2v) is 10.5. The molecule has 1 unspecified atom stereocenters. The first-order valence-corrected chi connectivity index (χ1v) is 12.5. The normalized spacial score (nSPS) is 15.9. The van der Waals surface area contributed by atoms with Gasteiger partial charge in [0, 0.05) is 16.6 Å². The van der Waals surface area contributed by atoms with Gasteiger partial charge in [0.2, 0.25) is 5.91 Å². The van der Waals surface area contributed by atoms with Crippen LogP contribution in [0.3, 0.4) is 0 Å². The van der Waals surface area contributed by atoms with Crippen molar-refractivity contribution in [1.82, 2.24) is 8.75 Å². The minimum absolute atomic E-state index is 0.123. The molecule has 2 heterocycles. The minimum atomic E-state index is -3.57. The molecule has 0 spiro atoms. The fourth-order valence-corrected chi connectivity index (χ4v) is 5.58. The number of fused-ring (bicyclic) bond motifs is 1. The molecule has 0 radical (unpaired) electrons. The van der Waals surface area contributed by atoms with Gasteiger partial charge < -0.3 is 10.1 Å². The van der Waals surface area contributed by atoms with Crippen molar-refractivity contribution in [3.63, 3.8) is 0 Å². The standard InChI is InChI=1S/C20H17Cl2N3O4S2/c21-14-1-4-19(17(22)9-14)29-6-5-12-7-13-8-16(2-3-18(13)24-20(12)26)31(27,28)11-15-10-23-30-25-15/h1-4,8-10,12H,5-7,11H2,(H,24,26). The summed E-state index contributed by atoms with van der Waals surface area (Å²) in [5, 5.41) is 3.76. The zero-order chi connectivity index (χ0) is 22.0. The van der Waals surface area contributed by atoms with Gasteiger partial charge in [-0.05, 0) is 54.8 Å². The molecule has 0 saturated heterocycles. The van der Waals surface area contributed by atoms with Gasteiger partial charge in [0.25, 0.3) is 0 Å². The van der Waals surface area contributed by atoms with Crippen LogP contribution in [0.5, 0.6) is 5.75 Å². The third kappa shape index (κ3) is 5.17. The molecule has 4 rings (SSSR count). The molecule has 1 aromatic heterocycles. The summed E-state index contributed by atoms with van der Waals surface area (Å²) in [6, 6.07) is 9.69. The smallest absolute Gasteiger partial charge is 0.227 e. The zero-order valence-electron chi connectivity index (χ0n) is 16.0. The number of rotatable bonds is 7. The molecule has 0 aliphatic carbocycles. The molecule has 31 heavy (non-hydrogen) atoms. The van der Waals surface area contributed by atoms with Gasteiger partial charge in [0.1, 0.15) is 5.75 Å². The first-order valence-electron chi connectivity index (χ1n) is 9.32. The van der Waals surface area contributed by atoms with Crippen LogP contribution in [-0.2, 0) is 26.8 Å². The van der Waals surface area contributed by atoms with Gasteiger partial charge in [-0.2, -0.15) is 8.75 Å². The van der Waals surface area contributed by atoms with Crippen LogP contribution in [-0.4, -0.2) is 29.7 Å². The second kappa shape index (κ2) is 9.12. The van der Waals surface area contributed by atoms with Crippen LogP contribution in [0.25, 0.3) is 0 Å². The maximum Gasteiger partial charge on any atom is 0.227 e. The number of nitrogens with one attached hydrogen (secondary N) is 1. The Kier molecular flexibility index (Phi) is 6.47. The third-order valence-corrected chi connectivity index (χ3v) is 7.59. The van der Waals surface area contributed by atoms with E-state index in [-0.39, 0.29) is 29.1 Å². The van der Waals surface area contributed by atoms with E-state index in [0.29, 0.717) is 40.0 Å². The highest BCUT2D eigenvalue weighted by Gasteiger charge is 2.28. The number of sulfone groups is 1. The summed E-state index contributed by atoms with van der Waals surface area (Å²) >= 11 is 13.0. The molecule has 1 aliphatic rings. The molecule has 1 N–H and O–H groups in total. The maximum absolute atomic E-state index is 12.7. The molecule has 162 valence electrons. The molecule has 2 aromatic carbocycles. The summed E-state index contributed by atoms with van der Waals surface area (Å²) in [4.78, 5) is 12.7. The number of halogens is 2. The van der Waals surface area contributed by atoms with Crippen molar-refractivity contribution >= 4 is 56.4 Å². The zero-order valence-corrected chi connectivity index (χ0v) is 19.2. The van der Waals surface area contributed by atoms with E-state index in [2.05, 4.69) is 14.1 Å². The van der Waals surface area contributed by atoms with Crippen molar-refractivity contribution in [1.29, 1.82) is 0 Å². The van der Waals surface area contributed by atoms with Crippen molar-refractivity contribution in [2.24, 2.45) is 5.92 Å². The third-order valence-electron chi connectivity index (χ3n) is 4.89. The van der Waals surface area contributed by atoms with Gasteiger partial charge in [0.05, 0.1) is 45.9 Å². The number of carbonyl (C=O) groups is 1. The Labute approximate surface area is 193 Å². The molecule has 0 saturated carbocycles. The highest BCUT2D eigenvalue weighted by molar-refractivity contribution is 7.90. The Balaban J connectivity index is 1.44. The molecule has 11 heteroatoms. The van der Waals surface area contributed by atoms with Gasteiger partial charge in [0.15, 0.2) is 9.84 Å². The van der Waals surface area contributed by atoms with Crippen LogP contribution >= 0.6 is 34.9 Å². The molecular formula is C20H17Cl2N3O4S2. The average molecular weight is 498 g/mol. The molecule has 3 aromatic rings. The summed E-state index contributed by atoms with van der Waals surface area (Å²) in [6.07, 6.45) is 2.32. The topological polar surface area (TPSA) is 98.2 Å². The highest BCUT2D eigenvalue weighted by Crippen LogP contribution is 2.31. The van der Waals surface area contributed by atoms with Crippen molar-refractivity contribution in [3.8, 4) is 5.75 Å². The minimum Gasteiger partial charge on any atom is -0.492 e. The van der Waals surface area contributed by atoms with Crippen molar-refractivity contribution in [2.45, 2.75) is 23.5 Å². The van der Waals surface area contributed by atoms with Crippen LogP contribution < -0.4 is 10.1 Å². The molecule has 0 bridgehead atoms. The molecule has 1 atom stereocenters. The lowest BCUT2D eigenvalue weighted by molar-refractivity contribution is -0.120. The van der Waals surface area contributed by atoms with Crippen LogP contribution in [0.4, 0.5) is 5.69 Å². The molecule has 0 fully saturated rings. The van der Waals surface area contributed by atoms with Gasteiger partial charge >= 0.3 is 0 Å². The Morgan fingerprint density at radius 1 is 1.19 bits per heavy atom. The lowest BCUT2D eigenvalue weighted by Gasteiger charge is -2.25. The number of carbonyl (C=O) groups excluding carboxylic acids is 1. The Bertz CT molecular complexity index is 1220. The number of anilines is 1. The SMILES string of the molecule is O=C1Nc2ccc(S(=O)(=O)Cc3cnsn3)cc2CC1CCOc1ccc(Cl)cc1Cl. The fourth-order valence-electron chi connectivity index (χ4n) is 3.31. The molecule has 1 aliphatic heterocycles. The monoisotopic (exact) mass is 497 g/mol. The van der Waals surface area contributed by atoms with Crippen LogP contribution in [0, 0.1) is 5.92 Å². The van der Waals surface area contributed by atoms with Gasteiger partial charge in [-0.3, -0.25) is 4.79 Å². The largest absolute Gasteiger partial charge is 0.492 e. The Hall–Kier alpha value is -2.20. The van der Waals surface area contributed by atoms with E-state index >= 15 is 0 Å². The first-order chi connectivity index (χ1) is 14.8. The predicted octanol–water partition coefficient (Wildman–Crippen LogP) is 4.40. The fraction of sp³-hybridized carbons (Fsp3) is 0.250. The first kappa shape index (κ1) is 22.0. The summed E-state index contributed by atoms with van der Waals surface area (Å²) in [7, 11) is -3.57. The predicted molar refractivity (Wildman–Crippen MR) is 120 cm³/mol. The molecule has 7 nitrogen and oxygen atoms in total. The van der Waals surface area contributed by atoms with Gasteiger partial charge in [-0.15, -0.1) is 0 Å². The highest BCUT2D eigenvalue weighted by atomic mass is 35.5. The Morgan fingerprint density at radius 3 is 2.77 bits per heavy atom. The summed E-state index contributed by atoms with van der Waals surface area (Å²) in [6.45, 7) is 0.281. The van der Waals surface area contributed by atoms with Gasteiger partial charge in [-0.1, -0.05) is 23.2 Å². The van der Waals surface area contributed by atoms with E-state index in [1.54, 1.807) is 30.3 Å². The number of aromatic nitrogens is 2. The van der Waals surface area contributed by atoms with Crippen LogP contribution in [0.15, 0.2) is 47.5 Å². The summed E-state index contributed by atoms with van der Waals surface area (Å²) < 4.78 is 38.9.